The number of hydroxylamine groups is 1. The van der Waals surface area contributed by atoms with Crippen LogP contribution in [0.4, 0.5) is 13.2 Å². The highest BCUT2D eigenvalue weighted by molar-refractivity contribution is 6.43. The Kier molecular flexibility index (Phi) is 6.04. The Morgan fingerprint density at radius 3 is 2.69 bits per heavy atom. The van der Waals surface area contributed by atoms with Crippen molar-refractivity contribution in [2.45, 2.75) is 45.6 Å². The lowest BCUT2D eigenvalue weighted by atomic mass is 10.1. The van der Waals surface area contributed by atoms with Crippen molar-refractivity contribution >= 4 is 11.7 Å². The number of ether oxygens (including phenoxy) is 1. The molecule has 0 radical (unpaired) electrons. The normalized spacial score (nSPS) is 17.2. The number of carbonyl (C=O) groups is 2. The fourth-order valence-electron chi connectivity index (χ4n) is 3.12. The van der Waals surface area contributed by atoms with Crippen LogP contribution in [-0.4, -0.2) is 34.4 Å². The maximum atomic E-state index is 13.0. The van der Waals surface area contributed by atoms with Crippen molar-refractivity contribution < 1.29 is 32.3 Å². The molecule has 1 fully saturated rings. The number of carbonyl (C=O) groups excluding carboxylic acids is 2. The van der Waals surface area contributed by atoms with E-state index in [1.54, 1.807) is 0 Å². The number of aryl methyl sites for hydroxylation is 1. The molecule has 1 atom stereocenters. The van der Waals surface area contributed by atoms with Crippen LogP contribution in [0.5, 0.6) is 0 Å². The predicted octanol–water partition coefficient (Wildman–Crippen LogP) is 3.27. The minimum atomic E-state index is -4.51. The van der Waals surface area contributed by atoms with Crippen LogP contribution in [0.25, 0.3) is 5.69 Å². The highest BCUT2D eigenvalue weighted by Gasteiger charge is 2.31. The summed E-state index contributed by atoms with van der Waals surface area (Å²) in [6, 6.07) is 4.56. The monoisotopic (exact) mass is 411 g/mol. The number of halogens is 3. The SMILES string of the molecule is Cc1nn(-c2cccc(C(F)(F)F)c2)c(C)c1C(=O)C(=O)NOC1CCCCO1. The molecule has 1 amide bonds. The molecular formula is C19H20F3N3O4. The van der Waals surface area contributed by atoms with E-state index in [9.17, 15) is 22.8 Å². The summed E-state index contributed by atoms with van der Waals surface area (Å²) >= 11 is 0. The molecule has 3 rings (SSSR count). The molecule has 156 valence electrons. The van der Waals surface area contributed by atoms with Gasteiger partial charge in [-0.15, -0.1) is 0 Å². The van der Waals surface area contributed by atoms with Gasteiger partial charge in [-0.2, -0.15) is 18.3 Å². The largest absolute Gasteiger partial charge is 0.416 e. The number of hydrogen-bond donors (Lipinski definition) is 1. The van der Waals surface area contributed by atoms with E-state index in [1.165, 1.54) is 30.7 Å². The van der Waals surface area contributed by atoms with E-state index in [0.29, 0.717) is 13.0 Å². The molecule has 1 unspecified atom stereocenters. The van der Waals surface area contributed by atoms with Crippen LogP contribution < -0.4 is 5.48 Å². The summed E-state index contributed by atoms with van der Waals surface area (Å²) in [6.07, 6.45) is -2.74. The molecular weight excluding hydrogens is 391 g/mol. The van der Waals surface area contributed by atoms with Gasteiger partial charge < -0.3 is 4.74 Å². The smallest absolute Gasteiger partial charge is 0.350 e. The number of rotatable bonds is 5. The van der Waals surface area contributed by atoms with Crippen LogP contribution >= 0.6 is 0 Å². The molecule has 0 saturated carbocycles. The van der Waals surface area contributed by atoms with Gasteiger partial charge in [-0.05, 0) is 44.9 Å². The maximum Gasteiger partial charge on any atom is 0.416 e. The molecule has 1 N–H and O–H groups in total. The van der Waals surface area contributed by atoms with Crippen molar-refractivity contribution in [1.82, 2.24) is 15.3 Å². The number of ketones is 1. The van der Waals surface area contributed by atoms with Crippen LogP contribution in [0.1, 0.15) is 46.6 Å². The number of Topliss-reactive ketones (excluding diaryl/α,β-unsaturated/α-hetero) is 1. The average molecular weight is 411 g/mol. The zero-order chi connectivity index (χ0) is 21.2. The first kappa shape index (κ1) is 21.0. The number of hydrogen-bond acceptors (Lipinski definition) is 5. The summed E-state index contributed by atoms with van der Waals surface area (Å²) in [5.74, 6) is -1.90. The number of nitrogens with zero attached hydrogens (tertiary/aromatic N) is 2. The number of alkyl halides is 3. The first-order chi connectivity index (χ1) is 13.7. The Bertz CT molecular complexity index is 918. The topological polar surface area (TPSA) is 82.5 Å². The maximum absolute atomic E-state index is 13.0. The highest BCUT2D eigenvalue weighted by atomic mass is 19.4. The lowest BCUT2D eigenvalue weighted by Gasteiger charge is -2.21. The van der Waals surface area contributed by atoms with E-state index in [0.717, 1.165) is 25.0 Å². The lowest BCUT2D eigenvalue weighted by molar-refractivity contribution is -0.198. The summed E-state index contributed by atoms with van der Waals surface area (Å²) in [4.78, 5) is 29.9. The number of amides is 1. The van der Waals surface area contributed by atoms with Gasteiger partial charge in [0.05, 0.1) is 28.2 Å². The van der Waals surface area contributed by atoms with Gasteiger partial charge in [-0.1, -0.05) is 6.07 Å². The fraction of sp³-hybridized carbons (Fsp3) is 0.421. The van der Waals surface area contributed by atoms with Gasteiger partial charge in [-0.25, -0.2) is 15.0 Å². The van der Waals surface area contributed by atoms with Crippen LogP contribution in [0.15, 0.2) is 24.3 Å². The van der Waals surface area contributed by atoms with Crippen molar-refractivity contribution in [1.29, 1.82) is 0 Å². The summed E-state index contributed by atoms with van der Waals surface area (Å²) in [5, 5.41) is 4.14. The molecule has 1 aliphatic rings. The molecule has 0 aliphatic carbocycles. The minimum Gasteiger partial charge on any atom is -0.350 e. The third kappa shape index (κ3) is 4.65. The molecule has 0 bridgehead atoms. The number of benzene rings is 1. The van der Waals surface area contributed by atoms with Crippen molar-refractivity contribution in [3.8, 4) is 5.69 Å². The second kappa shape index (κ2) is 8.34. The Balaban J connectivity index is 1.80. The quantitative estimate of drug-likeness (QED) is 0.464. The van der Waals surface area contributed by atoms with Gasteiger partial charge in [0.25, 0.3) is 5.78 Å². The fourth-order valence-corrected chi connectivity index (χ4v) is 3.12. The molecule has 2 heterocycles. The molecule has 1 aliphatic heterocycles. The van der Waals surface area contributed by atoms with Crippen molar-refractivity contribution in [3.63, 3.8) is 0 Å². The first-order valence-electron chi connectivity index (χ1n) is 9.04. The molecule has 1 saturated heterocycles. The van der Waals surface area contributed by atoms with Gasteiger partial charge in [0.15, 0.2) is 6.29 Å². The van der Waals surface area contributed by atoms with Gasteiger partial charge in [0, 0.05) is 13.0 Å². The molecule has 1 aromatic heterocycles. The second-order valence-electron chi connectivity index (χ2n) is 6.68. The molecule has 29 heavy (non-hydrogen) atoms. The predicted molar refractivity (Wildman–Crippen MR) is 95.2 cm³/mol. The molecule has 7 nitrogen and oxygen atoms in total. The molecule has 10 heteroatoms. The third-order valence-corrected chi connectivity index (χ3v) is 4.56. The summed E-state index contributed by atoms with van der Waals surface area (Å²) in [7, 11) is 0. The standard InChI is InChI=1S/C19H20F3N3O4/c1-11-16(17(26)18(27)24-29-15-8-3-4-9-28-15)12(2)25(23-11)14-7-5-6-13(10-14)19(20,21)22/h5-7,10,15H,3-4,8-9H2,1-2H3,(H,24,27). The van der Waals surface area contributed by atoms with Crippen LogP contribution in [0.3, 0.4) is 0 Å². The van der Waals surface area contributed by atoms with E-state index >= 15 is 0 Å². The summed E-state index contributed by atoms with van der Waals surface area (Å²) in [5.41, 5.74) is 1.85. The number of nitrogens with one attached hydrogen (secondary N) is 1. The van der Waals surface area contributed by atoms with Crippen molar-refractivity contribution in [2.24, 2.45) is 0 Å². The third-order valence-electron chi connectivity index (χ3n) is 4.56. The van der Waals surface area contributed by atoms with Crippen LogP contribution in [0, 0.1) is 13.8 Å². The van der Waals surface area contributed by atoms with Crippen LogP contribution in [0.2, 0.25) is 0 Å². The van der Waals surface area contributed by atoms with Gasteiger partial charge >= 0.3 is 12.1 Å². The second-order valence-corrected chi connectivity index (χ2v) is 6.68. The van der Waals surface area contributed by atoms with Gasteiger partial charge in [0.1, 0.15) is 0 Å². The van der Waals surface area contributed by atoms with E-state index in [-0.39, 0.29) is 22.6 Å². The zero-order valence-corrected chi connectivity index (χ0v) is 15.9. The Hall–Kier alpha value is -2.72. The molecule has 2 aromatic rings. The zero-order valence-electron chi connectivity index (χ0n) is 15.9. The van der Waals surface area contributed by atoms with Gasteiger partial charge in [0.2, 0.25) is 0 Å². The summed E-state index contributed by atoms with van der Waals surface area (Å²) in [6.45, 7) is 3.52. The summed E-state index contributed by atoms with van der Waals surface area (Å²) < 4.78 is 45.5. The van der Waals surface area contributed by atoms with Crippen LogP contribution in [-0.2, 0) is 20.5 Å². The Morgan fingerprint density at radius 2 is 2.03 bits per heavy atom. The Labute approximate surface area is 164 Å². The molecule has 0 spiro atoms. The minimum absolute atomic E-state index is 0.00748. The molecule has 1 aromatic carbocycles. The Morgan fingerprint density at radius 1 is 1.28 bits per heavy atom. The average Bonchev–Trinajstić information content (AvgIpc) is 3.00. The van der Waals surface area contributed by atoms with E-state index in [1.807, 2.05) is 0 Å². The highest BCUT2D eigenvalue weighted by Crippen LogP contribution is 2.31. The number of aromatic nitrogens is 2. The van der Waals surface area contributed by atoms with Crippen molar-refractivity contribution in [3.05, 3.63) is 46.8 Å². The van der Waals surface area contributed by atoms with Gasteiger partial charge in [-0.3, -0.25) is 9.59 Å². The van der Waals surface area contributed by atoms with Crippen molar-refractivity contribution in [2.75, 3.05) is 6.61 Å². The lowest BCUT2D eigenvalue weighted by Crippen LogP contribution is -2.37. The van der Waals surface area contributed by atoms with E-state index < -0.39 is 29.7 Å². The van der Waals surface area contributed by atoms with E-state index in [4.69, 9.17) is 9.57 Å². The van der Waals surface area contributed by atoms with E-state index in [2.05, 4.69) is 10.6 Å². The first-order valence-corrected chi connectivity index (χ1v) is 9.04.